The summed E-state index contributed by atoms with van der Waals surface area (Å²) in [6.45, 7) is 5.38. The van der Waals surface area contributed by atoms with Gasteiger partial charge in [0, 0.05) is 49.4 Å². The molecule has 0 aliphatic carbocycles. The van der Waals surface area contributed by atoms with Crippen LogP contribution in [0.1, 0.15) is 44.6 Å². The van der Waals surface area contributed by atoms with E-state index >= 15 is 0 Å². The third-order valence-corrected chi connectivity index (χ3v) is 5.31. The molecular weight excluding hydrogens is 477 g/mol. The fourth-order valence-electron chi connectivity index (χ4n) is 3.45. The molecule has 1 aliphatic heterocycles. The van der Waals surface area contributed by atoms with Gasteiger partial charge in [-0.15, -0.1) is 24.0 Å². The maximum Gasteiger partial charge on any atom is 0.191 e. The highest BCUT2D eigenvalue weighted by Gasteiger charge is 2.37. The van der Waals surface area contributed by atoms with E-state index in [2.05, 4.69) is 22.5 Å². The van der Waals surface area contributed by atoms with E-state index in [4.69, 9.17) is 21.1 Å². The Labute approximate surface area is 185 Å². The van der Waals surface area contributed by atoms with Gasteiger partial charge in [-0.25, -0.2) is 0 Å². The highest BCUT2D eigenvalue weighted by molar-refractivity contribution is 14.0. The van der Waals surface area contributed by atoms with Crippen LogP contribution in [0.5, 0.6) is 5.75 Å². The number of hydrogen-bond donors (Lipinski definition) is 2. The smallest absolute Gasteiger partial charge is 0.191 e. The fraction of sp³-hybridized carbons (Fsp3) is 0.650. The minimum atomic E-state index is -0.0878. The first-order valence-corrected chi connectivity index (χ1v) is 9.89. The standard InChI is InChI=1S/C20H32ClN3O2.HI/c1-4-5-6-11-23-19(22-2)24-15-20(9-12-26-13-10-20)17-14-16(21)7-8-18(17)25-3;/h7-8,14H,4-6,9-13,15H2,1-3H3,(H2,22,23,24);1H. The topological polar surface area (TPSA) is 54.9 Å². The highest BCUT2D eigenvalue weighted by Crippen LogP contribution is 2.40. The lowest BCUT2D eigenvalue weighted by Crippen LogP contribution is -2.48. The number of nitrogens with zero attached hydrogens (tertiary/aromatic N) is 1. The number of benzene rings is 1. The molecule has 1 aromatic rings. The average molecular weight is 510 g/mol. The maximum atomic E-state index is 6.30. The summed E-state index contributed by atoms with van der Waals surface area (Å²) >= 11 is 6.30. The van der Waals surface area contributed by atoms with Gasteiger partial charge in [-0.05, 0) is 37.5 Å². The van der Waals surface area contributed by atoms with Gasteiger partial charge in [0.15, 0.2) is 5.96 Å². The largest absolute Gasteiger partial charge is 0.496 e. The molecule has 0 amide bonds. The second kappa shape index (κ2) is 12.7. The zero-order valence-corrected chi connectivity index (χ0v) is 19.7. The molecule has 0 aromatic heterocycles. The third-order valence-electron chi connectivity index (χ3n) is 5.07. The minimum Gasteiger partial charge on any atom is -0.496 e. The number of ether oxygens (including phenoxy) is 2. The summed E-state index contributed by atoms with van der Waals surface area (Å²) in [5, 5.41) is 7.64. The predicted octanol–water partition coefficient (Wildman–Crippen LogP) is 4.37. The van der Waals surface area contributed by atoms with Crippen molar-refractivity contribution in [2.45, 2.75) is 44.4 Å². The monoisotopic (exact) mass is 509 g/mol. The Morgan fingerprint density at radius 3 is 2.63 bits per heavy atom. The summed E-state index contributed by atoms with van der Waals surface area (Å²) in [7, 11) is 3.52. The Morgan fingerprint density at radius 2 is 2.00 bits per heavy atom. The fourth-order valence-corrected chi connectivity index (χ4v) is 3.63. The van der Waals surface area contributed by atoms with Crippen LogP contribution in [0.3, 0.4) is 0 Å². The lowest BCUT2D eigenvalue weighted by molar-refractivity contribution is 0.0505. The Hall–Kier alpha value is -0.730. The zero-order chi connectivity index (χ0) is 18.8. The summed E-state index contributed by atoms with van der Waals surface area (Å²) in [5.41, 5.74) is 1.06. The summed E-state index contributed by atoms with van der Waals surface area (Å²) in [5.74, 6) is 1.72. The average Bonchev–Trinajstić information content (AvgIpc) is 2.68. The number of nitrogens with one attached hydrogen (secondary N) is 2. The quantitative estimate of drug-likeness (QED) is 0.236. The van der Waals surface area contributed by atoms with Crippen LogP contribution in [0.15, 0.2) is 23.2 Å². The maximum absolute atomic E-state index is 6.30. The molecule has 1 aliphatic rings. The van der Waals surface area contributed by atoms with Crippen LogP contribution in [-0.2, 0) is 10.2 Å². The van der Waals surface area contributed by atoms with Crippen LogP contribution >= 0.6 is 35.6 Å². The number of rotatable bonds is 8. The lowest BCUT2D eigenvalue weighted by Gasteiger charge is -2.39. The molecule has 0 radical (unpaired) electrons. The van der Waals surface area contributed by atoms with Gasteiger partial charge >= 0.3 is 0 Å². The van der Waals surface area contributed by atoms with Gasteiger partial charge in [0.05, 0.1) is 7.11 Å². The number of guanidine groups is 1. The molecule has 7 heteroatoms. The van der Waals surface area contributed by atoms with E-state index in [9.17, 15) is 0 Å². The number of halogens is 2. The van der Waals surface area contributed by atoms with Gasteiger partial charge in [-0.3, -0.25) is 4.99 Å². The molecule has 0 saturated carbocycles. The molecule has 0 atom stereocenters. The van der Waals surface area contributed by atoms with Crippen LogP contribution in [0.2, 0.25) is 5.02 Å². The molecule has 27 heavy (non-hydrogen) atoms. The first-order valence-electron chi connectivity index (χ1n) is 9.51. The summed E-state index contributed by atoms with van der Waals surface area (Å²) < 4.78 is 11.3. The Balaban J connectivity index is 0.00000364. The van der Waals surface area contributed by atoms with Crippen molar-refractivity contribution in [3.05, 3.63) is 28.8 Å². The van der Waals surface area contributed by atoms with E-state index in [0.717, 1.165) is 67.9 Å². The van der Waals surface area contributed by atoms with E-state index < -0.39 is 0 Å². The van der Waals surface area contributed by atoms with Crippen molar-refractivity contribution in [3.63, 3.8) is 0 Å². The molecule has 2 rings (SSSR count). The molecular formula is C20H33ClIN3O2. The van der Waals surface area contributed by atoms with Gasteiger partial charge in [0.2, 0.25) is 0 Å². The second-order valence-electron chi connectivity index (χ2n) is 6.80. The summed E-state index contributed by atoms with van der Waals surface area (Å²) in [6.07, 6.45) is 5.43. The molecule has 1 heterocycles. The van der Waals surface area contributed by atoms with Gasteiger partial charge < -0.3 is 20.1 Å². The van der Waals surface area contributed by atoms with Crippen molar-refractivity contribution >= 4 is 41.5 Å². The molecule has 0 bridgehead atoms. The van der Waals surface area contributed by atoms with E-state index in [1.165, 1.54) is 12.8 Å². The molecule has 1 aromatic carbocycles. The zero-order valence-electron chi connectivity index (χ0n) is 16.6. The number of hydrogen-bond acceptors (Lipinski definition) is 3. The number of unbranched alkanes of at least 4 members (excludes halogenated alkanes) is 2. The van der Waals surface area contributed by atoms with Crippen LogP contribution in [0.25, 0.3) is 0 Å². The van der Waals surface area contributed by atoms with E-state index in [1.807, 2.05) is 25.2 Å². The van der Waals surface area contributed by atoms with Gasteiger partial charge in [0.1, 0.15) is 5.75 Å². The molecule has 1 saturated heterocycles. The van der Waals surface area contributed by atoms with Crippen molar-refractivity contribution in [3.8, 4) is 5.75 Å². The van der Waals surface area contributed by atoms with Crippen molar-refractivity contribution in [2.24, 2.45) is 4.99 Å². The summed E-state index contributed by atoms with van der Waals surface area (Å²) in [6, 6.07) is 5.86. The van der Waals surface area contributed by atoms with Crippen LogP contribution in [0.4, 0.5) is 0 Å². The molecule has 0 spiro atoms. The van der Waals surface area contributed by atoms with Crippen molar-refractivity contribution in [1.82, 2.24) is 10.6 Å². The van der Waals surface area contributed by atoms with Crippen LogP contribution in [0, 0.1) is 0 Å². The normalized spacial score (nSPS) is 16.4. The Kier molecular flexibility index (Phi) is 11.4. The van der Waals surface area contributed by atoms with Crippen molar-refractivity contribution in [1.29, 1.82) is 0 Å². The lowest BCUT2D eigenvalue weighted by atomic mass is 9.73. The van der Waals surface area contributed by atoms with Crippen molar-refractivity contribution < 1.29 is 9.47 Å². The third kappa shape index (κ3) is 6.98. The van der Waals surface area contributed by atoms with E-state index in [1.54, 1.807) is 7.11 Å². The molecule has 154 valence electrons. The van der Waals surface area contributed by atoms with Gasteiger partial charge in [0.25, 0.3) is 0 Å². The number of aliphatic imine (C=N–C) groups is 1. The van der Waals surface area contributed by atoms with Crippen LogP contribution in [-0.4, -0.2) is 46.4 Å². The Bertz CT molecular complexity index is 593. The first kappa shape index (κ1) is 24.3. The summed E-state index contributed by atoms with van der Waals surface area (Å²) in [4.78, 5) is 4.36. The molecule has 2 N–H and O–H groups in total. The molecule has 0 unspecified atom stereocenters. The predicted molar refractivity (Wildman–Crippen MR) is 124 cm³/mol. The molecule has 1 fully saturated rings. The van der Waals surface area contributed by atoms with Crippen molar-refractivity contribution in [2.75, 3.05) is 40.5 Å². The SMILES string of the molecule is CCCCCNC(=NC)NCC1(c2cc(Cl)ccc2OC)CCOCC1.I. The van der Waals surface area contributed by atoms with E-state index in [0.29, 0.717) is 0 Å². The highest BCUT2D eigenvalue weighted by atomic mass is 127. The van der Waals surface area contributed by atoms with Gasteiger partial charge in [-0.2, -0.15) is 0 Å². The minimum absolute atomic E-state index is 0. The number of methoxy groups -OCH3 is 1. The van der Waals surface area contributed by atoms with Crippen LogP contribution < -0.4 is 15.4 Å². The van der Waals surface area contributed by atoms with E-state index in [-0.39, 0.29) is 29.4 Å². The molecule has 5 nitrogen and oxygen atoms in total. The second-order valence-corrected chi connectivity index (χ2v) is 7.23. The first-order chi connectivity index (χ1) is 12.6. The van der Waals surface area contributed by atoms with Gasteiger partial charge in [-0.1, -0.05) is 31.4 Å². The Morgan fingerprint density at radius 1 is 1.26 bits per heavy atom.